The zero-order chi connectivity index (χ0) is 14.3. The highest BCUT2D eigenvalue weighted by Crippen LogP contribution is 2.05. The Morgan fingerprint density at radius 1 is 1.11 bits per heavy atom. The van der Waals surface area contributed by atoms with Crippen LogP contribution in [0.3, 0.4) is 0 Å². The van der Waals surface area contributed by atoms with Gasteiger partial charge in [0, 0.05) is 31.1 Å². The Kier molecular flexibility index (Phi) is 8.43. The number of rotatable bonds is 9. The zero-order valence-corrected chi connectivity index (χ0v) is 13.7. The van der Waals surface area contributed by atoms with Gasteiger partial charge in [-0.3, -0.25) is 4.90 Å². The maximum atomic E-state index is 11.7. The molecule has 0 heterocycles. The van der Waals surface area contributed by atoms with Crippen LogP contribution < -0.4 is 4.72 Å². The van der Waals surface area contributed by atoms with Gasteiger partial charge in [-0.1, -0.05) is 6.92 Å². The van der Waals surface area contributed by atoms with Crippen LogP contribution in [0.2, 0.25) is 0 Å². The Morgan fingerprint density at radius 3 is 2.00 bits per heavy atom. The third-order valence-electron chi connectivity index (χ3n) is 2.79. The predicted octanol–water partition coefficient (Wildman–Crippen LogP) is 1.90. The molecule has 1 atom stereocenters. The molecule has 6 heteroatoms. The first kappa shape index (κ1) is 18.2. The van der Waals surface area contributed by atoms with Crippen molar-refractivity contribution < 1.29 is 8.42 Å². The Balaban J connectivity index is 4.17. The van der Waals surface area contributed by atoms with Gasteiger partial charge in [0.1, 0.15) is 0 Å². The summed E-state index contributed by atoms with van der Waals surface area (Å²) in [6, 6.07) is 0.826. The third-order valence-corrected chi connectivity index (χ3v) is 4.96. The molecule has 0 rings (SSSR count). The first-order chi connectivity index (χ1) is 8.19. The number of sulfonamides is 1. The second-order valence-corrected chi connectivity index (χ2v) is 7.52. The van der Waals surface area contributed by atoms with Crippen molar-refractivity contribution in [3.8, 4) is 0 Å². The van der Waals surface area contributed by atoms with Crippen LogP contribution in [0.25, 0.3) is 0 Å². The fraction of sp³-hybridized carbons (Fsp3) is 1.00. The van der Waals surface area contributed by atoms with Gasteiger partial charge in [-0.15, -0.1) is 11.6 Å². The van der Waals surface area contributed by atoms with Crippen LogP contribution in [0.15, 0.2) is 0 Å². The second kappa shape index (κ2) is 8.35. The van der Waals surface area contributed by atoms with E-state index in [1.165, 1.54) is 0 Å². The van der Waals surface area contributed by atoms with E-state index in [9.17, 15) is 8.42 Å². The van der Waals surface area contributed by atoms with E-state index in [2.05, 4.69) is 37.3 Å². The molecule has 0 radical (unpaired) electrons. The van der Waals surface area contributed by atoms with Crippen molar-refractivity contribution in [3.05, 3.63) is 0 Å². The van der Waals surface area contributed by atoms with Gasteiger partial charge in [0.25, 0.3) is 0 Å². The summed E-state index contributed by atoms with van der Waals surface area (Å²) in [6.07, 6.45) is 0. The fourth-order valence-electron chi connectivity index (χ4n) is 1.92. The van der Waals surface area contributed by atoms with Gasteiger partial charge in [-0.05, 0) is 33.6 Å². The lowest BCUT2D eigenvalue weighted by Crippen LogP contribution is -2.43. The molecule has 0 aliphatic rings. The summed E-state index contributed by atoms with van der Waals surface area (Å²) in [5.74, 6) is 0.445. The summed E-state index contributed by atoms with van der Waals surface area (Å²) in [5.41, 5.74) is 0. The van der Waals surface area contributed by atoms with Crippen LogP contribution in [0.5, 0.6) is 0 Å². The smallest absolute Gasteiger partial charge is 0.211 e. The summed E-state index contributed by atoms with van der Waals surface area (Å²) < 4.78 is 26.1. The zero-order valence-electron chi connectivity index (χ0n) is 12.1. The Morgan fingerprint density at radius 2 is 1.61 bits per heavy atom. The van der Waals surface area contributed by atoms with Crippen molar-refractivity contribution in [2.45, 2.75) is 46.7 Å². The molecule has 1 N–H and O–H groups in total. The summed E-state index contributed by atoms with van der Waals surface area (Å²) in [4.78, 5) is 2.26. The maximum absolute atomic E-state index is 11.7. The van der Waals surface area contributed by atoms with Crippen molar-refractivity contribution in [2.75, 3.05) is 24.7 Å². The molecule has 0 aliphatic carbocycles. The molecule has 110 valence electrons. The number of hydrogen-bond donors (Lipinski definition) is 1. The van der Waals surface area contributed by atoms with Crippen LogP contribution in [-0.4, -0.2) is 50.1 Å². The molecule has 0 saturated carbocycles. The number of alkyl halides is 1. The lowest BCUT2D eigenvalue weighted by atomic mass is 10.2. The molecule has 0 fully saturated rings. The van der Waals surface area contributed by atoms with Crippen LogP contribution in [0.1, 0.15) is 34.6 Å². The lowest BCUT2D eigenvalue weighted by Gasteiger charge is -2.30. The number of nitrogens with one attached hydrogen (secondary N) is 1. The summed E-state index contributed by atoms with van der Waals surface area (Å²) in [7, 11) is -3.20. The van der Waals surface area contributed by atoms with Gasteiger partial charge in [-0.2, -0.15) is 0 Å². The molecule has 0 aromatic rings. The molecule has 0 saturated heterocycles. The fourth-order valence-corrected chi connectivity index (χ4v) is 3.55. The molecular weight excluding hydrogens is 272 g/mol. The minimum Gasteiger partial charge on any atom is -0.297 e. The van der Waals surface area contributed by atoms with Gasteiger partial charge >= 0.3 is 0 Å². The minimum atomic E-state index is -3.20. The van der Waals surface area contributed by atoms with Gasteiger partial charge in [-0.25, -0.2) is 13.1 Å². The van der Waals surface area contributed by atoms with E-state index in [4.69, 9.17) is 11.6 Å². The summed E-state index contributed by atoms with van der Waals surface area (Å²) in [5, 5.41) is 0. The first-order valence-electron chi connectivity index (χ1n) is 6.48. The van der Waals surface area contributed by atoms with E-state index in [0.29, 0.717) is 24.5 Å². The normalized spacial score (nSPS) is 14.7. The number of nitrogens with zero attached hydrogens (tertiary/aromatic N) is 1. The summed E-state index contributed by atoms with van der Waals surface area (Å²) >= 11 is 5.63. The molecule has 0 spiro atoms. The van der Waals surface area contributed by atoms with E-state index in [1.54, 1.807) is 0 Å². The van der Waals surface area contributed by atoms with Gasteiger partial charge in [0.05, 0.1) is 5.75 Å². The molecule has 0 bridgehead atoms. The average molecular weight is 299 g/mol. The lowest BCUT2D eigenvalue weighted by molar-refractivity contribution is 0.179. The highest BCUT2D eigenvalue weighted by Gasteiger charge is 2.17. The number of hydrogen-bond acceptors (Lipinski definition) is 3. The van der Waals surface area contributed by atoms with Crippen LogP contribution in [-0.2, 0) is 10.0 Å². The van der Waals surface area contributed by atoms with Crippen molar-refractivity contribution in [1.82, 2.24) is 9.62 Å². The Labute approximate surface area is 117 Å². The molecule has 0 aromatic carbocycles. The topological polar surface area (TPSA) is 49.4 Å². The van der Waals surface area contributed by atoms with Gasteiger partial charge < -0.3 is 0 Å². The van der Waals surface area contributed by atoms with E-state index in [-0.39, 0.29) is 11.7 Å². The minimum absolute atomic E-state index is 0.0181. The summed E-state index contributed by atoms with van der Waals surface area (Å²) in [6.45, 7) is 11.5. The SMILES string of the molecule is CC(CCl)CS(=O)(=O)NCCN(C(C)C)C(C)C. The third kappa shape index (κ3) is 7.56. The van der Waals surface area contributed by atoms with Gasteiger partial charge in [0.15, 0.2) is 0 Å². The monoisotopic (exact) mass is 298 g/mol. The molecule has 18 heavy (non-hydrogen) atoms. The maximum Gasteiger partial charge on any atom is 0.211 e. The molecular formula is C12H27ClN2O2S. The standard InChI is InChI=1S/C12H27ClN2O2S/c1-10(2)15(11(3)4)7-6-14-18(16,17)9-12(5)8-13/h10-12,14H,6-9H2,1-5H3. The average Bonchev–Trinajstić information content (AvgIpc) is 2.22. The van der Waals surface area contributed by atoms with Crippen molar-refractivity contribution in [3.63, 3.8) is 0 Å². The van der Waals surface area contributed by atoms with Crippen molar-refractivity contribution in [2.24, 2.45) is 5.92 Å². The predicted molar refractivity (Wildman–Crippen MR) is 78.7 cm³/mol. The van der Waals surface area contributed by atoms with E-state index < -0.39 is 10.0 Å². The first-order valence-corrected chi connectivity index (χ1v) is 8.67. The molecule has 0 aliphatic heterocycles. The molecule has 1 unspecified atom stereocenters. The largest absolute Gasteiger partial charge is 0.297 e. The van der Waals surface area contributed by atoms with Gasteiger partial charge in [0.2, 0.25) is 10.0 Å². The van der Waals surface area contributed by atoms with Crippen LogP contribution in [0, 0.1) is 5.92 Å². The molecule has 0 aromatic heterocycles. The van der Waals surface area contributed by atoms with Crippen LogP contribution >= 0.6 is 11.6 Å². The van der Waals surface area contributed by atoms with Crippen molar-refractivity contribution in [1.29, 1.82) is 0 Å². The van der Waals surface area contributed by atoms with E-state index >= 15 is 0 Å². The van der Waals surface area contributed by atoms with Crippen molar-refractivity contribution >= 4 is 21.6 Å². The van der Waals surface area contributed by atoms with Crippen LogP contribution in [0.4, 0.5) is 0 Å². The van der Waals surface area contributed by atoms with E-state index in [0.717, 1.165) is 6.54 Å². The number of halogens is 1. The molecule has 0 amide bonds. The Bertz CT molecular complexity index is 310. The Hall–Kier alpha value is 0.160. The van der Waals surface area contributed by atoms with E-state index in [1.807, 2.05) is 6.92 Å². The highest BCUT2D eigenvalue weighted by molar-refractivity contribution is 7.89. The highest BCUT2D eigenvalue weighted by atomic mass is 35.5. The quantitative estimate of drug-likeness (QED) is 0.662. The second-order valence-electron chi connectivity index (χ2n) is 5.36. The molecule has 4 nitrogen and oxygen atoms in total.